The summed E-state index contributed by atoms with van der Waals surface area (Å²) in [6.45, 7) is 2.05. The van der Waals surface area contributed by atoms with Gasteiger partial charge in [0.15, 0.2) is 5.16 Å². The summed E-state index contributed by atoms with van der Waals surface area (Å²) in [5.41, 5.74) is 3.82. The Kier molecular flexibility index (Phi) is 7.49. The van der Waals surface area contributed by atoms with E-state index in [4.69, 9.17) is 9.47 Å². The van der Waals surface area contributed by atoms with Gasteiger partial charge in [0.05, 0.1) is 25.7 Å². The highest BCUT2D eigenvalue weighted by Crippen LogP contribution is 2.30. The zero-order valence-corrected chi connectivity index (χ0v) is 20.1. The summed E-state index contributed by atoms with van der Waals surface area (Å²) in [5, 5.41) is 12.4. The molecular weight excluding hydrogens is 448 g/mol. The lowest BCUT2D eigenvalue weighted by atomic mass is 10.1. The zero-order chi connectivity index (χ0) is 23.9. The maximum Gasteiger partial charge on any atom is 0.234 e. The van der Waals surface area contributed by atoms with Crippen molar-refractivity contribution < 1.29 is 14.3 Å². The number of nitrogens with zero attached hydrogens (tertiary/aromatic N) is 3. The Morgan fingerprint density at radius 1 is 0.971 bits per heavy atom. The van der Waals surface area contributed by atoms with Gasteiger partial charge >= 0.3 is 0 Å². The van der Waals surface area contributed by atoms with Crippen LogP contribution in [-0.2, 0) is 11.2 Å². The number of methoxy groups -OCH3 is 2. The molecule has 0 saturated carbocycles. The van der Waals surface area contributed by atoms with Crippen LogP contribution >= 0.6 is 11.8 Å². The van der Waals surface area contributed by atoms with Gasteiger partial charge in [-0.25, -0.2) is 0 Å². The molecule has 0 bridgehead atoms. The molecule has 1 amide bonds. The molecule has 4 aromatic rings. The third-order valence-corrected chi connectivity index (χ3v) is 6.14. The van der Waals surface area contributed by atoms with Crippen LogP contribution in [-0.4, -0.2) is 40.6 Å². The normalized spacial score (nSPS) is 10.7. The molecule has 7 nitrogen and oxygen atoms in total. The second-order valence-corrected chi connectivity index (χ2v) is 8.58. The SMILES string of the molecule is COc1ccc(OC)c(NC(=O)CSc2nnc(Cc3ccccc3)n2-c2ccc(C)cc2)c1. The van der Waals surface area contributed by atoms with Crippen molar-refractivity contribution in [1.82, 2.24) is 14.8 Å². The Hall–Kier alpha value is -3.78. The van der Waals surface area contributed by atoms with E-state index in [0.29, 0.717) is 28.8 Å². The third-order valence-electron chi connectivity index (χ3n) is 5.21. The number of thioether (sulfide) groups is 1. The van der Waals surface area contributed by atoms with Gasteiger partial charge in [0.2, 0.25) is 5.91 Å². The number of amides is 1. The van der Waals surface area contributed by atoms with Crippen LogP contribution in [0.2, 0.25) is 0 Å². The Labute approximate surface area is 203 Å². The molecule has 1 aromatic heterocycles. The first-order valence-corrected chi connectivity index (χ1v) is 11.8. The average Bonchev–Trinajstić information content (AvgIpc) is 3.26. The predicted molar refractivity (Wildman–Crippen MR) is 134 cm³/mol. The van der Waals surface area contributed by atoms with Crippen molar-refractivity contribution in [3.8, 4) is 17.2 Å². The number of carbonyl (C=O) groups excluding carboxylic acids is 1. The van der Waals surface area contributed by atoms with Crippen LogP contribution in [0.1, 0.15) is 17.0 Å². The Bertz CT molecular complexity index is 1260. The molecule has 0 aliphatic carbocycles. The Balaban J connectivity index is 1.55. The fourth-order valence-corrected chi connectivity index (χ4v) is 4.24. The predicted octanol–water partition coefficient (Wildman–Crippen LogP) is 4.91. The summed E-state index contributed by atoms with van der Waals surface area (Å²) in [6, 6.07) is 23.6. The van der Waals surface area contributed by atoms with Gasteiger partial charge in [0.25, 0.3) is 0 Å². The first-order chi connectivity index (χ1) is 16.6. The molecule has 8 heteroatoms. The molecule has 0 radical (unpaired) electrons. The van der Waals surface area contributed by atoms with Crippen LogP contribution in [0.3, 0.4) is 0 Å². The molecular formula is C26H26N4O3S. The summed E-state index contributed by atoms with van der Waals surface area (Å²) in [7, 11) is 3.14. The highest BCUT2D eigenvalue weighted by Gasteiger charge is 2.17. The molecule has 1 N–H and O–H groups in total. The minimum Gasteiger partial charge on any atom is -0.497 e. The topological polar surface area (TPSA) is 78.3 Å². The maximum atomic E-state index is 12.8. The number of ether oxygens (including phenoxy) is 2. The lowest BCUT2D eigenvalue weighted by Gasteiger charge is -2.12. The molecule has 174 valence electrons. The molecule has 0 saturated heterocycles. The number of aromatic nitrogens is 3. The second-order valence-electron chi connectivity index (χ2n) is 7.64. The summed E-state index contributed by atoms with van der Waals surface area (Å²) in [5.74, 6) is 1.99. The summed E-state index contributed by atoms with van der Waals surface area (Å²) in [4.78, 5) is 12.8. The highest BCUT2D eigenvalue weighted by molar-refractivity contribution is 7.99. The maximum absolute atomic E-state index is 12.8. The lowest BCUT2D eigenvalue weighted by molar-refractivity contribution is -0.113. The minimum atomic E-state index is -0.181. The Morgan fingerprint density at radius 2 is 1.74 bits per heavy atom. The first-order valence-electron chi connectivity index (χ1n) is 10.8. The fourth-order valence-electron chi connectivity index (χ4n) is 3.47. The average molecular weight is 475 g/mol. The molecule has 0 aliphatic heterocycles. The number of rotatable bonds is 9. The van der Waals surface area contributed by atoms with E-state index in [1.54, 1.807) is 32.4 Å². The quantitative estimate of drug-likeness (QED) is 0.347. The van der Waals surface area contributed by atoms with Crippen molar-refractivity contribution in [2.75, 3.05) is 25.3 Å². The van der Waals surface area contributed by atoms with Crippen LogP contribution in [0.15, 0.2) is 78.0 Å². The molecule has 34 heavy (non-hydrogen) atoms. The van der Waals surface area contributed by atoms with Gasteiger partial charge in [-0.1, -0.05) is 59.8 Å². The van der Waals surface area contributed by atoms with E-state index in [1.807, 2.05) is 41.8 Å². The van der Waals surface area contributed by atoms with Gasteiger partial charge < -0.3 is 14.8 Å². The smallest absolute Gasteiger partial charge is 0.234 e. The monoisotopic (exact) mass is 474 g/mol. The number of benzene rings is 3. The highest BCUT2D eigenvalue weighted by atomic mass is 32.2. The molecule has 0 spiro atoms. The largest absolute Gasteiger partial charge is 0.497 e. The number of hydrogen-bond acceptors (Lipinski definition) is 6. The standard InChI is InChI=1S/C26H26N4O3S/c1-18-9-11-20(12-10-18)30-24(15-19-7-5-4-6-8-19)28-29-26(30)34-17-25(31)27-22-16-21(32-2)13-14-23(22)33-3/h4-14,16H,15,17H2,1-3H3,(H,27,31). The number of nitrogens with one attached hydrogen (secondary N) is 1. The van der Waals surface area contributed by atoms with Crippen LogP contribution in [0.4, 0.5) is 5.69 Å². The van der Waals surface area contributed by atoms with Gasteiger partial charge in [0, 0.05) is 18.2 Å². The Morgan fingerprint density at radius 3 is 2.44 bits per heavy atom. The van der Waals surface area contributed by atoms with Gasteiger partial charge in [-0.05, 0) is 36.8 Å². The molecule has 0 aliphatic rings. The van der Waals surface area contributed by atoms with Gasteiger partial charge in [-0.3, -0.25) is 9.36 Å². The number of hydrogen-bond donors (Lipinski definition) is 1. The van der Waals surface area contributed by atoms with Crippen molar-refractivity contribution in [2.45, 2.75) is 18.5 Å². The molecule has 4 rings (SSSR count). The fraction of sp³-hybridized carbons (Fsp3) is 0.192. The number of carbonyl (C=O) groups is 1. The molecule has 0 fully saturated rings. The molecule has 0 unspecified atom stereocenters. The van der Waals surface area contributed by atoms with Crippen LogP contribution in [0, 0.1) is 6.92 Å². The summed E-state index contributed by atoms with van der Waals surface area (Å²) in [6.07, 6.45) is 0.634. The van der Waals surface area contributed by atoms with E-state index >= 15 is 0 Å². The van der Waals surface area contributed by atoms with Crippen molar-refractivity contribution in [2.24, 2.45) is 0 Å². The van der Waals surface area contributed by atoms with Crippen LogP contribution < -0.4 is 14.8 Å². The molecule has 3 aromatic carbocycles. The van der Waals surface area contributed by atoms with E-state index in [0.717, 1.165) is 17.1 Å². The van der Waals surface area contributed by atoms with E-state index < -0.39 is 0 Å². The van der Waals surface area contributed by atoms with Crippen LogP contribution in [0.25, 0.3) is 5.69 Å². The van der Waals surface area contributed by atoms with Gasteiger partial charge in [-0.15, -0.1) is 10.2 Å². The third kappa shape index (κ3) is 5.58. The van der Waals surface area contributed by atoms with E-state index in [2.05, 4.69) is 39.8 Å². The van der Waals surface area contributed by atoms with E-state index in [1.165, 1.54) is 17.3 Å². The minimum absolute atomic E-state index is 0.162. The first kappa shape index (κ1) is 23.4. The second kappa shape index (κ2) is 10.9. The van der Waals surface area contributed by atoms with Crippen molar-refractivity contribution in [1.29, 1.82) is 0 Å². The molecule has 1 heterocycles. The van der Waals surface area contributed by atoms with E-state index in [-0.39, 0.29) is 11.7 Å². The van der Waals surface area contributed by atoms with Crippen molar-refractivity contribution >= 4 is 23.4 Å². The van der Waals surface area contributed by atoms with Crippen molar-refractivity contribution in [3.63, 3.8) is 0 Å². The molecule has 0 atom stereocenters. The number of aryl methyl sites for hydroxylation is 1. The summed E-state index contributed by atoms with van der Waals surface area (Å²) < 4.78 is 12.6. The zero-order valence-electron chi connectivity index (χ0n) is 19.3. The van der Waals surface area contributed by atoms with Crippen LogP contribution in [0.5, 0.6) is 11.5 Å². The van der Waals surface area contributed by atoms with Gasteiger partial charge in [-0.2, -0.15) is 0 Å². The lowest BCUT2D eigenvalue weighted by Crippen LogP contribution is -2.15. The van der Waals surface area contributed by atoms with E-state index in [9.17, 15) is 4.79 Å². The summed E-state index contributed by atoms with van der Waals surface area (Å²) >= 11 is 1.33. The van der Waals surface area contributed by atoms with Crippen molar-refractivity contribution in [3.05, 3.63) is 89.7 Å². The number of anilines is 1. The van der Waals surface area contributed by atoms with Gasteiger partial charge in [0.1, 0.15) is 17.3 Å².